The summed E-state index contributed by atoms with van der Waals surface area (Å²) < 4.78 is 0. The average molecular weight is 280 g/mol. The van der Waals surface area contributed by atoms with Crippen LogP contribution in [0.1, 0.15) is 15.9 Å². The Kier molecular flexibility index (Phi) is 4.52. The molecule has 0 aliphatic heterocycles. The van der Waals surface area contributed by atoms with Crippen LogP contribution in [0.15, 0.2) is 42.6 Å². The fraction of sp³-hybridized carbons (Fsp3) is 0.188. The molecule has 2 rings (SSSR count). The molecule has 1 heterocycles. The van der Waals surface area contributed by atoms with E-state index in [1.54, 1.807) is 30.5 Å². The molecule has 1 N–H and O–H groups in total. The maximum atomic E-state index is 12.1. The number of nitrogens with zero attached hydrogens (tertiary/aromatic N) is 3. The lowest BCUT2D eigenvalue weighted by atomic mass is 10.1. The molecule has 2 aromatic rings. The van der Waals surface area contributed by atoms with E-state index in [-0.39, 0.29) is 5.91 Å². The number of aromatic nitrogens is 1. The molecule has 21 heavy (non-hydrogen) atoms. The maximum absolute atomic E-state index is 12.1. The first-order chi connectivity index (χ1) is 10.1. The van der Waals surface area contributed by atoms with E-state index in [2.05, 4.69) is 16.4 Å². The first-order valence-corrected chi connectivity index (χ1v) is 6.51. The third kappa shape index (κ3) is 3.80. The molecular formula is C16H16N4O. The predicted octanol–water partition coefficient (Wildman–Crippen LogP) is 2.47. The van der Waals surface area contributed by atoms with Crippen LogP contribution in [-0.4, -0.2) is 25.0 Å². The molecule has 0 spiro atoms. The summed E-state index contributed by atoms with van der Waals surface area (Å²) in [5, 5.41) is 11.4. The number of carbonyl (C=O) groups is 1. The van der Waals surface area contributed by atoms with Gasteiger partial charge in [-0.15, -0.1) is 0 Å². The van der Waals surface area contributed by atoms with Gasteiger partial charge in [-0.25, -0.2) is 4.98 Å². The normalized spacial score (nSPS) is 9.76. The van der Waals surface area contributed by atoms with Gasteiger partial charge in [0.1, 0.15) is 5.82 Å². The van der Waals surface area contributed by atoms with Gasteiger partial charge < -0.3 is 10.2 Å². The first kappa shape index (κ1) is 14.5. The summed E-state index contributed by atoms with van der Waals surface area (Å²) in [6, 6.07) is 12.8. The second kappa shape index (κ2) is 6.53. The summed E-state index contributed by atoms with van der Waals surface area (Å²) in [7, 11) is 3.79. The largest absolute Gasteiger partial charge is 0.363 e. The van der Waals surface area contributed by atoms with Gasteiger partial charge in [0.15, 0.2) is 0 Å². The third-order valence-corrected chi connectivity index (χ3v) is 2.96. The van der Waals surface area contributed by atoms with Gasteiger partial charge in [0.2, 0.25) is 0 Å². The van der Waals surface area contributed by atoms with Gasteiger partial charge in [0, 0.05) is 26.0 Å². The molecule has 0 bridgehead atoms. The highest BCUT2D eigenvalue weighted by Crippen LogP contribution is 2.13. The number of nitriles is 1. The molecule has 1 amide bonds. The molecule has 0 saturated heterocycles. The Balaban J connectivity index is 2.05. The molecule has 0 aliphatic carbocycles. The SMILES string of the molecule is CN(C)c1ccc(C(=O)Nc2ccc(CC#N)cc2)cn1. The lowest BCUT2D eigenvalue weighted by Gasteiger charge is -2.11. The molecule has 5 nitrogen and oxygen atoms in total. The van der Waals surface area contributed by atoms with E-state index in [1.807, 2.05) is 31.1 Å². The number of amides is 1. The lowest BCUT2D eigenvalue weighted by Crippen LogP contribution is -2.14. The number of pyridine rings is 1. The van der Waals surface area contributed by atoms with E-state index < -0.39 is 0 Å². The topological polar surface area (TPSA) is 69.0 Å². The molecule has 5 heteroatoms. The Bertz CT molecular complexity index is 654. The number of nitrogens with one attached hydrogen (secondary N) is 1. The molecule has 1 aromatic carbocycles. The molecular weight excluding hydrogens is 264 g/mol. The van der Waals surface area contributed by atoms with Gasteiger partial charge in [0.05, 0.1) is 18.1 Å². The van der Waals surface area contributed by atoms with Gasteiger partial charge in [0.25, 0.3) is 5.91 Å². The summed E-state index contributed by atoms with van der Waals surface area (Å²) in [6.07, 6.45) is 1.92. The highest BCUT2D eigenvalue weighted by molar-refractivity contribution is 6.04. The Labute approximate surface area is 123 Å². The van der Waals surface area contributed by atoms with Crippen molar-refractivity contribution < 1.29 is 4.79 Å². The van der Waals surface area contributed by atoms with Crippen LogP contribution in [0.3, 0.4) is 0 Å². The summed E-state index contributed by atoms with van der Waals surface area (Å²) in [4.78, 5) is 18.2. The second-order valence-electron chi connectivity index (χ2n) is 4.79. The zero-order valence-electron chi connectivity index (χ0n) is 12.0. The number of anilines is 2. The lowest BCUT2D eigenvalue weighted by molar-refractivity contribution is 0.102. The average Bonchev–Trinajstić information content (AvgIpc) is 2.49. The first-order valence-electron chi connectivity index (χ1n) is 6.51. The van der Waals surface area contributed by atoms with Crippen LogP contribution in [-0.2, 0) is 6.42 Å². The van der Waals surface area contributed by atoms with Gasteiger partial charge in [-0.05, 0) is 29.8 Å². The molecule has 0 aliphatic rings. The van der Waals surface area contributed by atoms with Crippen molar-refractivity contribution in [2.24, 2.45) is 0 Å². The molecule has 0 saturated carbocycles. The van der Waals surface area contributed by atoms with Crippen molar-refractivity contribution >= 4 is 17.4 Å². The van der Waals surface area contributed by atoms with E-state index in [0.29, 0.717) is 17.7 Å². The van der Waals surface area contributed by atoms with Crippen LogP contribution in [0.4, 0.5) is 11.5 Å². The monoisotopic (exact) mass is 280 g/mol. The Morgan fingerprint density at radius 3 is 2.48 bits per heavy atom. The Morgan fingerprint density at radius 2 is 1.95 bits per heavy atom. The zero-order chi connectivity index (χ0) is 15.2. The quantitative estimate of drug-likeness (QED) is 0.934. The Morgan fingerprint density at radius 1 is 1.24 bits per heavy atom. The minimum Gasteiger partial charge on any atom is -0.363 e. The number of hydrogen-bond donors (Lipinski definition) is 1. The number of benzene rings is 1. The van der Waals surface area contributed by atoms with Crippen LogP contribution in [0.2, 0.25) is 0 Å². The van der Waals surface area contributed by atoms with E-state index in [0.717, 1.165) is 11.4 Å². The van der Waals surface area contributed by atoms with E-state index in [9.17, 15) is 4.79 Å². The standard InChI is InChI=1S/C16H16N4O/c1-20(2)15-8-5-13(11-18-15)16(21)19-14-6-3-12(4-7-14)9-10-17/h3-8,11H,9H2,1-2H3,(H,19,21). The van der Waals surface area contributed by atoms with Crippen LogP contribution in [0, 0.1) is 11.3 Å². The predicted molar refractivity (Wildman–Crippen MR) is 82.3 cm³/mol. The number of hydrogen-bond acceptors (Lipinski definition) is 4. The van der Waals surface area contributed by atoms with Crippen LogP contribution < -0.4 is 10.2 Å². The van der Waals surface area contributed by atoms with Crippen molar-refractivity contribution in [2.75, 3.05) is 24.3 Å². The Hall–Kier alpha value is -2.87. The van der Waals surface area contributed by atoms with Crippen molar-refractivity contribution in [1.82, 2.24) is 4.98 Å². The van der Waals surface area contributed by atoms with Gasteiger partial charge in [-0.3, -0.25) is 4.79 Å². The van der Waals surface area contributed by atoms with Crippen molar-refractivity contribution in [3.63, 3.8) is 0 Å². The zero-order valence-corrected chi connectivity index (χ0v) is 12.0. The van der Waals surface area contributed by atoms with Crippen molar-refractivity contribution in [3.05, 3.63) is 53.7 Å². The summed E-state index contributed by atoms with van der Waals surface area (Å²) >= 11 is 0. The van der Waals surface area contributed by atoms with E-state index in [1.165, 1.54) is 0 Å². The highest BCUT2D eigenvalue weighted by Gasteiger charge is 2.07. The summed E-state index contributed by atoms with van der Waals surface area (Å²) in [5.74, 6) is 0.591. The third-order valence-electron chi connectivity index (χ3n) is 2.96. The van der Waals surface area contributed by atoms with Crippen molar-refractivity contribution in [1.29, 1.82) is 5.26 Å². The van der Waals surface area contributed by atoms with Crippen LogP contribution in [0.5, 0.6) is 0 Å². The summed E-state index contributed by atoms with van der Waals surface area (Å²) in [6.45, 7) is 0. The molecule has 0 radical (unpaired) electrons. The minimum absolute atomic E-state index is 0.208. The van der Waals surface area contributed by atoms with Crippen molar-refractivity contribution in [3.8, 4) is 6.07 Å². The van der Waals surface area contributed by atoms with Crippen LogP contribution in [0.25, 0.3) is 0 Å². The second-order valence-corrected chi connectivity index (χ2v) is 4.79. The van der Waals surface area contributed by atoms with Gasteiger partial charge in [-0.2, -0.15) is 5.26 Å². The van der Waals surface area contributed by atoms with E-state index >= 15 is 0 Å². The number of rotatable bonds is 4. The fourth-order valence-electron chi connectivity index (χ4n) is 1.79. The minimum atomic E-state index is -0.208. The smallest absolute Gasteiger partial charge is 0.257 e. The molecule has 0 unspecified atom stereocenters. The molecule has 0 fully saturated rings. The highest BCUT2D eigenvalue weighted by atomic mass is 16.1. The van der Waals surface area contributed by atoms with Crippen LogP contribution >= 0.6 is 0 Å². The van der Waals surface area contributed by atoms with Gasteiger partial charge >= 0.3 is 0 Å². The molecule has 1 aromatic heterocycles. The molecule has 106 valence electrons. The molecule has 0 atom stereocenters. The van der Waals surface area contributed by atoms with Gasteiger partial charge in [-0.1, -0.05) is 12.1 Å². The summed E-state index contributed by atoms with van der Waals surface area (Å²) in [5.41, 5.74) is 2.12. The van der Waals surface area contributed by atoms with Crippen molar-refractivity contribution in [2.45, 2.75) is 6.42 Å². The van der Waals surface area contributed by atoms with E-state index in [4.69, 9.17) is 5.26 Å². The fourth-order valence-corrected chi connectivity index (χ4v) is 1.79. The number of carbonyl (C=O) groups excluding carboxylic acids is 1. The maximum Gasteiger partial charge on any atom is 0.257 e.